The number of hydrogen-bond donors (Lipinski definition) is 1. The lowest BCUT2D eigenvalue weighted by Crippen LogP contribution is -2.46. The maximum absolute atomic E-state index is 12.7. The second-order valence-corrected chi connectivity index (χ2v) is 8.33. The highest BCUT2D eigenvalue weighted by atomic mass is 19.4. The van der Waals surface area contributed by atoms with Crippen molar-refractivity contribution in [3.05, 3.63) is 65.2 Å². The molecule has 0 aromatic heterocycles. The number of rotatable bonds is 10. The molecule has 1 aliphatic heterocycles. The first-order valence-electron chi connectivity index (χ1n) is 11.3. The first-order valence-corrected chi connectivity index (χ1v) is 11.3. The van der Waals surface area contributed by atoms with E-state index in [2.05, 4.69) is 34.1 Å². The van der Waals surface area contributed by atoms with Crippen molar-refractivity contribution in [3.8, 4) is 0 Å². The molecule has 0 saturated carbocycles. The molecule has 0 radical (unpaired) electrons. The number of benzene rings is 2. The molecule has 0 aliphatic carbocycles. The van der Waals surface area contributed by atoms with E-state index >= 15 is 0 Å². The standard InChI is InChI=1S/C25H33F3N2O/c26-25(27,28)23-11-13-24(14-12-23)30-18-16-29(17-19-30)15-4-6-22-9-7-21(8-10-22)5-2-1-3-20-31/h7-14,31H,1-6,15-20H2. The van der Waals surface area contributed by atoms with E-state index in [1.54, 1.807) is 12.1 Å². The van der Waals surface area contributed by atoms with Gasteiger partial charge in [0.1, 0.15) is 0 Å². The summed E-state index contributed by atoms with van der Waals surface area (Å²) >= 11 is 0. The highest BCUT2D eigenvalue weighted by molar-refractivity contribution is 5.48. The van der Waals surface area contributed by atoms with Crippen LogP contribution in [0.4, 0.5) is 18.9 Å². The van der Waals surface area contributed by atoms with Crippen molar-refractivity contribution in [2.75, 3.05) is 44.2 Å². The number of unbranched alkanes of at least 4 members (excludes halogenated alkanes) is 2. The van der Waals surface area contributed by atoms with Crippen LogP contribution in [-0.4, -0.2) is 49.3 Å². The van der Waals surface area contributed by atoms with Crippen molar-refractivity contribution < 1.29 is 18.3 Å². The molecule has 1 aliphatic rings. The van der Waals surface area contributed by atoms with Gasteiger partial charge in [-0.25, -0.2) is 0 Å². The lowest BCUT2D eigenvalue weighted by Gasteiger charge is -2.36. The Morgan fingerprint density at radius 3 is 1.84 bits per heavy atom. The highest BCUT2D eigenvalue weighted by Gasteiger charge is 2.30. The van der Waals surface area contributed by atoms with Gasteiger partial charge in [-0.1, -0.05) is 30.7 Å². The molecule has 0 amide bonds. The molecule has 1 fully saturated rings. The van der Waals surface area contributed by atoms with Crippen molar-refractivity contribution in [1.29, 1.82) is 0 Å². The van der Waals surface area contributed by atoms with Gasteiger partial charge in [0.2, 0.25) is 0 Å². The Labute approximate surface area is 183 Å². The summed E-state index contributed by atoms with van der Waals surface area (Å²) in [5.74, 6) is 0. The SMILES string of the molecule is OCCCCCc1ccc(CCCN2CCN(c3ccc(C(F)(F)F)cc3)CC2)cc1. The highest BCUT2D eigenvalue weighted by Crippen LogP contribution is 2.30. The molecule has 0 atom stereocenters. The Balaban J connectivity index is 1.35. The number of aliphatic hydroxyl groups is 1. The van der Waals surface area contributed by atoms with Crippen molar-refractivity contribution >= 4 is 5.69 Å². The fraction of sp³-hybridized carbons (Fsp3) is 0.520. The van der Waals surface area contributed by atoms with Crippen molar-refractivity contribution in [3.63, 3.8) is 0 Å². The van der Waals surface area contributed by atoms with E-state index in [0.717, 1.165) is 76.9 Å². The number of aryl methyl sites for hydroxylation is 2. The quantitative estimate of drug-likeness (QED) is 0.523. The minimum absolute atomic E-state index is 0.281. The van der Waals surface area contributed by atoms with E-state index in [1.165, 1.54) is 23.3 Å². The van der Waals surface area contributed by atoms with E-state index in [-0.39, 0.29) is 6.61 Å². The smallest absolute Gasteiger partial charge is 0.396 e. The minimum atomic E-state index is -4.28. The maximum Gasteiger partial charge on any atom is 0.416 e. The minimum Gasteiger partial charge on any atom is -0.396 e. The van der Waals surface area contributed by atoms with Gasteiger partial charge in [0.25, 0.3) is 0 Å². The van der Waals surface area contributed by atoms with Gasteiger partial charge >= 0.3 is 6.18 Å². The number of hydrogen-bond acceptors (Lipinski definition) is 3. The van der Waals surface area contributed by atoms with E-state index in [1.807, 2.05) is 0 Å². The molecule has 0 unspecified atom stereocenters. The number of nitrogens with zero attached hydrogens (tertiary/aromatic N) is 2. The van der Waals surface area contributed by atoms with Crippen molar-refractivity contribution in [1.82, 2.24) is 4.90 Å². The Morgan fingerprint density at radius 1 is 0.710 bits per heavy atom. The first-order chi connectivity index (χ1) is 15.0. The molecule has 2 aromatic carbocycles. The van der Waals surface area contributed by atoms with Gasteiger partial charge in [0.15, 0.2) is 0 Å². The summed E-state index contributed by atoms with van der Waals surface area (Å²) < 4.78 is 38.2. The van der Waals surface area contributed by atoms with Crippen LogP contribution in [0.15, 0.2) is 48.5 Å². The van der Waals surface area contributed by atoms with Gasteiger partial charge in [0.05, 0.1) is 5.56 Å². The number of halogens is 3. The molecule has 3 rings (SSSR count). The van der Waals surface area contributed by atoms with Gasteiger partial charge in [0, 0.05) is 38.5 Å². The predicted octanol–water partition coefficient (Wildman–Crippen LogP) is 5.17. The van der Waals surface area contributed by atoms with Gasteiger partial charge < -0.3 is 10.0 Å². The predicted molar refractivity (Wildman–Crippen MR) is 120 cm³/mol. The summed E-state index contributed by atoms with van der Waals surface area (Å²) in [5.41, 5.74) is 3.00. The van der Waals surface area contributed by atoms with Crippen LogP contribution in [0.3, 0.4) is 0 Å². The lowest BCUT2D eigenvalue weighted by molar-refractivity contribution is -0.137. The zero-order valence-corrected chi connectivity index (χ0v) is 18.1. The van der Waals surface area contributed by atoms with Crippen LogP contribution in [0, 0.1) is 0 Å². The van der Waals surface area contributed by atoms with Gasteiger partial charge in [-0.15, -0.1) is 0 Å². The Hall–Kier alpha value is -2.05. The van der Waals surface area contributed by atoms with Gasteiger partial charge in [-0.05, 0) is 74.0 Å². The normalized spacial score (nSPS) is 15.4. The summed E-state index contributed by atoms with van der Waals surface area (Å²) in [6, 6.07) is 14.4. The molecule has 1 N–H and O–H groups in total. The van der Waals surface area contributed by atoms with E-state index in [0.29, 0.717) is 0 Å². The molecular formula is C25H33F3N2O. The van der Waals surface area contributed by atoms with E-state index < -0.39 is 11.7 Å². The molecule has 1 heterocycles. The summed E-state index contributed by atoms with van der Waals surface area (Å²) in [6.45, 7) is 4.89. The monoisotopic (exact) mass is 434 g/mol. The van der Waals surface area contributed by atoms with Gasteiger partial charge in [-0.3, -0.25) is 4.90 Å². The average molecular weight is 435 g/mol. The lowest BCUT2D eigenvalue weighted by atomic mass is 10.0. The first kappa shape index (κ1) is 23.6. The average Bonchev–Trinajstić information content (AvgIpc) is 2.78. The summed E-state index contributed by atoms with van der Waals surface area (Å²) in [4.78, 5) is 4.60. The fourth-order valence-electron chi connectivity index (χ4n) is 4.09. The zero-order valence-electron chi connectivity index (χ0n) is 18.1. The van der Waals surface area contributed by atoms with Crippen LogP contribution >= 0.6 is 0 Å². The molecule has 0 bridgehead atoms. The third-order valence-electron chi connectivity index (χ3n) is 6.02. The van der Waals surface area contributed by atoms with Crippen LogP contribution in [0.1, 0.15) is 42.4 Å². The third-order valence-corrected chi connectivity index (χ3v) is 6.02. The number of anilines is 1. The molecule has 2 aromatic rings. The van der Waals surface area contributed by atoms with E-state index in [9.17, 15) is 13.2 Å². The second-order valence-electron chi connectivity index (χ2n) is 8.33. The maximum atomic E-state index is 12.7. The third kappa shape index (κ3) is 7.54. The van der Waals surface area contributed by atoms with Crippen LogP contribution in [0.5, 0.6) is 0 Å². The number of piperazine rings is 1. The largest absolute Gasteiger partial charge is 0.416 e. The van der Waals surface area contributed by atoms with Gasteiger partial charge in [-0.2, -0.15) is 13.2 Å². The Morgan fingerprint density at radius 2 is 1.29 bits per heavy atom. The molecule has 1 saturated heterocycles. The zero-order chi connectivity index (χ0) is 22.1. The van der Waals surface area contributed by atoms with E-state index in [4.69, 9.17) is 5.11 Å². The number of alkyl halides is 3. The van der Waals surface area contributed by atoms with Crippen LogP contribution < -0.4 is 4.90 Å². The Kier molecular flexibility index (Phi) is 8.79. The molecule has 31 heavy (non-hydrogen) atoms. The van der Waals surface area contributed by atoms with Crippen molar-refractivity contribution in [2.45, 2.75) is 44.7 Å². The topological polar surface area (TPSA) is 26.7 Å². The molecular weight excluding hydrogens is 401 g/mol. The van der Waals surface area contributed by atoms with Crippen LogP contribution in [0.2, 0.25) is 0 Å². The molecule has 0 spiro atoms. The van der Waals surface area contributed by atoms with Crippen molar-refractivity contribution in [2.24, 2.45) is 0 Å². The fourth-order valence-corrected chi connectivity index (χ4v) is 4.09. The number of aliphatic hydroxyl groups excluding tert-OH is 1. The van der Waals surface area contributed by atoms with Crippen LogP contribution in [0.25, 0.3) is 0 Å². The Bertz CT molecular complexity index is 767. The summed E-state index contributed by atoms with van der Waals surface area (Å²) in [5, 5.41) is 8.84. The second kappa shape index (κ2) is 11.5. The molecule has 3 nitrogen and oxygen atoms in total. The summed E-state index contributed by atoms with van der Waals surface area (Å²) in [6.07, 6.45) is 2.04. The molecule has 170 valence electrons. The summed E-state index contributed by atoms with van der Waals surface area (Å²) in [7, 11) is 0. The molecule has 6 heteroatoms. The van der Waals surface area contributed by atoms with Crippen LogP contribution in [-0.2, 0) is 19.0 Å².